The molecule has 0 amide bonds. The summed E-state index contributed by atoms with van der Waals surface area (Å²) in [6.45, 7) is 1.76. The Morgan fingerprint density at radius 1 is 1.21 bits per heavy atom. The van der Waals surface area contributed by atoms with Crippen LogP contribution in [-0.2, 0) is 6.42 Å². The van der Waals surface area contributed by atoms with Crippen LogP contribution in [0.25, 0.3) is 16.7 Å². The number of anilines is 1. The highest BCUT2D eigenvalue weighted by molar-refractivity contribution is 6.35. The van der Waals surface area contributed by atoms with E-state index in [-0.39, 0.29) is 22.4 Å². The molecule has 0 saturated heterocycles. The van der Waals surface area contributed by atoms with Crippen molar-refractivity contribution in [3.8, 4) is 5.82 Å². The Morgan fingerprint density at radius 3 is 2.54 bits per heavy atom. The van der Waals surface area contributed by atoms with Crippen LogP contribution in [-0.4, -0.2) is 9.55 Å². The number of hydrogen-bond donors (Lipinski definition) is 1. The first kappa shape index (κ1) is 16.3. The predicted molar refractivity (Wildman–Crippen MR) is 86.0 cm³/mol. The maximum atomic E-state index is 13.9. The number of aromatic nitrogens is 2. The molecule has 3 rings (SSSR count). The minimum Gasteiger partial charge on any atom is -0.396 e. The molecule has 2 heterocycles. The second kappa shape index (κ2) is 5.83. The van der Waals surface area contributed by atoms with E-state index in [1.807, 2.05) is 0 Å². The smallest absolute Gasteiger partial charge is 0.189 e. The van der Waals surface area contributed by atoms with Gasteiger partial charge in [0, 0.05) is 17.8 Å². The number of benzene rings is 1. The lowest BCUT2D eigenvalue weighted by Gasteiger charge is -2.17. The highest BCUT2D eigenvalue weighted by Gasteiger charge is 2.20. The monoisotopic (exact) mass is 353 g/mol. The second-order valence-electron chi connectivity index (χ2n) is 5.14. The van der Waals surface area contributed by atoms with Gasteiger partial charge in [0.2, 0.25) is 0 Å². The Labute approximate surface area is 139 Å². The molecular formula is C16H11ClF3N3O. The van der Waals surface area contributed by atoms with Gasteiger partial charge in [0.15, 0.2) is 22.9 Å². The molecule has 2 N–H and O–H groups in total. The van der Waals surface area contributed by atoms with Crippen LogP contribution < -0.4 is 11.2 Å². The van der Waals surface area contributed by atoms with Gasteiger partial charge in [0.1, 0.15) is 10.8 Å². The van der Waals surface area contributed by atoms with E-state index < -0.39 is 27.9 Å². The number of halogens is 4. The molecule has 0 fully saturated rings. The van der Waals surface area contributed by atoms with Crippen LogP contribution in [0.15, 0.2) is 29.2 Å². The summed E-state index contributed by atoms with van der Waals surface area (Å²) in [7, 11) is 0. The number of nitrogen functional groups attached to an aromatic ring is 1. The summed E-state index contributed by atoms with van der Waals surface area (Å²) in [4.78, 5) is 16.1. The lowest BCUT2D eigenvalue weighted by atomic mass is 10.1. The molecule has 0 aliphatic rings. The van der Waals surface area contributed by atoms with Crippen LogP contribution in [0.1, 0.15) is 12.6 Å². The summed E-state index contributed by atoms with van der Waals surface area (Å²) in [6.07, 6.45) is 1.28. The fourth-order valence-corrected chi connectivity index (χ4v) is 2.79. The maximum absolute atomic E-state index is 13.9. The Kier molecular flexibility index (Phi) is 3.96. The Hall–Kier alpha value is -2.54. The zero-order valence-corrected chi connectivity index (χ0v) is 13.2. The van der Waals surface area contributed by atoms with E-state index in [9.17, 15) is 18.0 Å². The Balaban J connectivity index is 2.54. The van der Waals surface area contributed by atoms with E-state index in [0.29, 0.717) is 12.1 Å². The van der Waals surface area contributed by atoms with Crippen LogP contribution in [0.3, 0.4) is 0 Å². The third-order valence-electron chi connectivity index (χ3n) is 3.67. The van der Waals surface area contributed by atoms with Gasteiger partial charge in [-0.05, 0) is 12.5 Å². The molecule has 0 atom stereocenters. The van der Waals surface area contributed by atoms with Crippen molar-refractivity contribution in [2.45, 2.75) is 13.3 Å². The van der Waals surface area contributed by atoms with Gasteiger partial charge in [-0.1, -0.05) is 18.5 Å². The SMILES string of the molecule is CCc1cc(=O)c2cc(F)c(F)c(Cl)c2n1-c1cc(N)c(F)cn1. The van der Waals surface area contributed by atoms with Gasteiger partial charge in [-0.2, -0.15) is 0 Å². The van der Waals surface area contributed by atoms with Crippen molar-refractivity contribution < 1.29 is 13.2 Å². The van der Waals surface area contributed by atoms with Crippen molar-refractivity contribution in [1.29, 1.82) is 0 Å². The van der Waals surface area contributed by atoms with Gasteiger partial charge in [0.25, 0.3) is 0 Å². The van der Waals surface area contributed by atoms with Gasteiger partial charge < -0.3 is 5.73 Å². The number of pyridine rings is 2. The molecule has 3 aromatic rings. The number of hydrogen-bond acceptors (Lipinski definition) is 3. The van der Waals surface area contributed by atoms with Gasteiger partial charge in [0.05, 0.1) is 22.8 Å². The van der Waals surface area contributed by atoms with E-state index in [0.717, 1.165) is 12.3 Å². The molecule has 4 nitrogen and oxygen atoms in total. The predicted octanol–water partition coefficient (Wildman–Crippen LogP) is 3.60. The van der Waals surface area contributed by atoms with Crippen molar-refractivity contribution >= 4 is 28.2 Å². The lowest BCUT2D eigenvalue weighted by molar-refractivity contribution is 0.510. The quantitative estimate of drug-likeness (QED) is 0.716. The zero-order valence-electron chi connectivity index (χ0n) is 12.4. The molecule has 0 spiro atoms. The molecule has 1 aromatic carbocycles. The van der Waals surface area contributed by atoms with Crippen molar-refractivity contribution in [2.75, 3.05) is 5.73 Å². The van der Waals surface area contributed by atoms with Crippen molar-refractivity contribution in [3.63, 3.8) is 0 Å². The minimum atomic E-state index is -1.28. The summed E-state index contributed by atoms with van der Waals surface area (Å²) in [6, 6.07) is 3.29. The van der Waals surface area contributed by atoms with Crippen LogP contribution in [0, 0.1) is 17.5 Å². The highest BCUT2D eigenvalue weighted by Crippen LogP contribution is 2.30. The molecule has 8 heteroatoms. The number of aryl methyl sites for hydroxylation is 1. The van der Waals surface area contributed by atoms with Crippen molar-refractivity contribution in [3.05, 3.63) is 62.8 Å². The summed E-state index contributed by atoms with van der Waals surface area (Å²) in [5, 5.41) is -0.664. The average molecular weight is 354 g/mol. The molecule has 0 aliphatic carbocycles. The second-order valence-corrected chi connectivity index (χ2v) is 5.51. The third kappa shape index (κ3) is 2.41. The maximum Gasteiger partial charge on any atom is 0.189 e. The van der Waals surface area contributed by atoms with Crippen LogP contribution in [0.4, 0.5) is 18.9 Å². The summed E-state index contributed by atoms with van der Waals surface area (Å²) < 4.78 is 42.3. The molecule has 0 aliphatic heterocycles. The van der Waals surface area contributed by atoms with Gasteiger partial charge >= 0.3 is 0 Å². The fourth-order valence-electron chi connectivity index (χ4n) is 2.52. The van der Waals surface area contributed by atoms with Gasteiger partial charge in [-0.25, -0.2) is 18.2 Å². The van der Waals surface area contributed by atoms with Gasteiger partial charge in [-0.3, -0.25) is 9.36 Å². The van der Waals surface area contributed by atoms with E-state index in [2.05, 4.69) is 4.98 Å². The topological polar surface area (TPSA) is 60.9 Å². The summed E-state index contributed by atoms with van der Waals surface area (Å²) >= 11 is 5.95. The minimum absolute atomic E-state index is 0.0431. The molecule has 124 valence electrons. The van der Waals surface area contributed by atoms with Crippen LogP contribution in [0.2, 0.25) is 5.02 Å². The highest BCUT2D eigenvalue weighted by atomic mass is 35.5. The Bertz CT molecular complexity index is 1030. The fraction of sp³-hybridized carbons (Fsp3) is 0.125. The van der Waals surface area contributed by atoms with Gasteiger partial charge in [-0.15, -0.1) is 0 Å². The standard InChI is InChI=1S/C16H11ClF3N3O/c1-2-7-3-12(24)8-4-9(18)15(20)14(17)16(8)23(7)13-5-11(21)10(19)6-22-13/h3-6H,2H2,1H3,(H2,21,22). The first-order valence-electron chi connectivity index (χ1n) is 6.98. The molecule has 24 heavy (non-hydrogen) atoms. The van der Waals surface area contributed by atoms with E-state index in [1.165, 1.54) is 16.7 Å². The van der Waals surface area contributed by atoms with Crippen molar-refractivity contribution in [1.82, 2.24) is 9.55 Å². The molecule has 0 bridgehead atoms. The van der Waals surface area contributed by atoms with Crippen molar-refractivity contribution in [2.24, 2.45) is 0 Å². The summed E-state index contributed by atoms with van der Waals surface area (Å²) in [5.41, 5.74) is 5.28. The molecule has 2 aromatic heterocycles. The number of fused-ring (bicyclic) bond motifs is 1. The zero-order chi connectivity index (χ0) is 17.6. The lowest BCUT2D eigenvalue weighted by Crippen LogP contribution is -2.15. The first-order chi connectivity index (χ1) is 11.3. The molecule has 0 saturated carbocycles. The average Bonchev–Trinajstić information content (AvgIpc) is 2.56. The van der Waals surface area contributed by atoms with Crippen LogP contribution in [0.5, 0.6) is 0 Å². The normalized spacial score (nSPS) is 11.2. The largest absolute Gasteiger partial charge is 0.396 e. The van der Waals surface area contributed by atoms with E-state index >= 15 is 0 Å². The molecular weight excluding hydrogens is 343 g/mol. The van der Waals surface area contributed by atoms with E-state index in [4.69, 9.17) is 17.3 Å². The van der Waals surface area contributed by atoms with E-state index in [1.54, 1.807) is 6.92 Å². The number of nitrogens with zero attached hydrogens (tertiary/aromatic N) is 2. The molecule has 0 radical (unpaired) electrons. The third-order valence-corrected chi connectivity index (χ3v) is 4.02. The first-order valence-corrected chi connectivity index (χ1v) is 7.36. The molecule has 0 unspecified atom stereocenters. The summed E-state index contributed by atoms with van der Waals surface area (Å²) in [5.74, 6) is -3.08. The number of nitrogens with two attached hydrogens (primary N) is 1. The number of rotatable bonds is 2. The Morgan fingerprint density at radius 2 is 1.92 bits per heavy atom. The van der Waals surface area contributed by atoms with Crippen LogP contribution >= 0.6 is 11.6 Å².